The van der Waals surface area contributed by atoms with Gasteiger partial charge in [-0.25, -0.2) is 4.39 Å². The molecule has 0 aromatic heterocycles. The van der Waals surface area contributed by atoms with Gasteiger partial charge in [-0.1, -0.05) is 55.8 Å². The number of hydrogen-bond acceptors (Lipinski definition) is 2. The molecule has 0 saturated carbocycles. The van der Waals surface area contributed by atoms with Crippen LogP contribution in [0.15, 0.2) is 78.4 Å². The third kappa shape index (κ3) is 4.80. The molecule has 3 aromatic rings. The van der Waals surface area contributed by atoms with Crippen molar-refractivity contribution in [3.05, 3.63) is 106 Å². The van der Waals surface area contributed by atoms with Crippen molar-refractivity contribution in [2.45, 2.75) is 32.8 Å². The molecule has 162 valence electrons. The molecule has 0 fully saturated rings. The fraction of sp³-hybridized carbons (Fsp3) is 0.179. The average Bonchev–Trinajstić information content (AvgIpc) is 3.05. The lowest BCUT2D eigenvalue weighted by atomic mass is 9.96. The number of halogens is 1. The minimum Gasteiger partial charge on any atom is -0.489 e. The quantitative estimate of drug-likeness (QED) is 0.421. The largest absolute Gasteiger partial charge is 0.489 e. The molecule has 1 aliphatic carbocycles. The number of fused-ring (bicyclic) bond motifs is 1. The molecule has 32 heavy (non-hydrogen) atoms. The second kappa shape index (κ2) is 9.65. The number of carboxylic acid groups (broad SMARTS) is 1. The molecule has 0 saturated heterocycles. The molecule has 0 spiro atoms. The fourth-order valence-corrected chi connectivity index (χ4v) is 4.16. The Balaban J connectivity index is 1.70. The van der Waals surface area contributed by atoms with Crippen LogP contribution in [-0.2, 0) is 11.4 Å². The van der Waals surface area contributed by atoms with Crippen LogP contribution in [0.1, 0.15) is 48.4 Å². The first-order valence-electron chi connectivity index (χ1n) is 10.8. The highest BCUT2D eigenvalue weighted by Crippen LogP contribution is 2.46. The van der Waals surface area contributed by atoms with Gasteiger partial charge in [0.05, 0.1) is 6.42 Å². The van der Waals surface area contributed by atoms with Crippen LogP contribution in [0.3, 0.4) is 0 Å². The molecule has 1 aliphatic rings. The van der Waals surface area contributed by atoms with Crippen LogP contribution in [0.5, 0.6) is 5.75 Å². The van der Waals surface area contributed by atoms with E-state index in [1.807, 2.05) is 48.5 Å². The van der Waals surface area contributed by atoms with Gasteiger partial charge in [0.1, 0.15) is 18.2 Å². The minimum absolute atomic E-state index is 0.117. The highest BCUT2D eigenvalue weighted by Gasteiger charge is 2.27. The van der Waals surface area contributed by atoms with E-state index in [9.17, 15) is 14.3 Å². The van der Waals surface area contributed by atoms with Crippen LogP contribution >= 0.6 is 0 Å². The number of allylic oxidation sites excluding steroid dienone is 2. The van der Waals surface area contributed by atoms with Crippen molar-refractivity contribution >= 4 is 23.2 Å². The molecule has 0 radical (unpaired) electrons. The van der Waals surface area contributed by atoms with Gasteiger partial charge in [0, 0.05) is 0 Å². The monoisotopic (exact) mass is 428 g/mol. The van der Waals surface area contributed by atoms with Crippen LogP contribution < -0.4 is 4.74 Å². The molecule has 0 atom stereocenters. The highest BCUT2D eigenvalue weighted by molar-refractivity contribution is 6.07. The molecule has 0 heterocycles. The van der Waals surface area contributed by atoms with Gasteiger partial charge in [0.25, 0.3) is 0 Å². The van der Waals surface area contributed by atoms with E-state index in [0.29, 0.717) is 17.7 Å². The molecular formula is C28H25FO3. The number of carboxylic acids is 1. The number of rotatable bonds is 8. The number of ether oxygens (including phenoxy) is 1. The maximum Gasteiger partial charge on any atom is 0.307 e. The molecule has 0 amide bonds. The Morgan fingerprint density at radius 3 is 2.53 bits per heavy atom. The standard InChI is InChI=1S/C28H25FO3/c1-2-7-23-25(24-13-12-21(29)16-26(24)27(23)17-28(30)31)15-19-8-6-9-20(14-19)18-32-22-10-4-3-5-11-22/h3-6,8-16H,2,7,17-18H2,1H3,(H,30,31)/b25-15-. The Bertz CT molecular complexity index is 1190. The molecule has 4 heteroatoms. The number of hydrogen-bond donors (Lipinski definition) is 1. The lowest BCUT2D eigenvalue weighted by molar-refractivity contribution is -0.135. The van der Waals surface area contributed by atoms with Crippen molar-refractivity contribution in [1.29, 1.82) is 0 Å². The van der Waals surface area contributed by atoms with Gasteiger partial charge < -0.3 is 9.84 Å². The van der Waals surface area contributed by atoms with Crippen LogP contribution in [0.4, 0.5) is 4.39 Å². The molecule has 0 unspecified atom stereocenters. The molecular weight excluding hydrogens is 403 g/mol. The van der Waals surface area contributed by atoms with Crippen LogP contribution in [0, 0.1) is 5.82 Å². The Morgan fingerprint density at radius 2 is 1.78 bits per heavy atom. The highest BCUT2D eigenvalue weighted by atomic mass is 19.1. The fourth-order valence-electron chi connectivity index (χ4n) is 4.16. The first-order chi connectivity index (χ1) is 15.5. The summed E-state index contributed by atoms with van der Waals surface area (Å²) < 4.78 is 19.9. The summed E-state index contributed by atoms with van der Waals surface area (Å²) in [7, 11) is 0. The average molecular weight is 429 g/mol. The third-order valence-electron chi connectivity index (χ3n) is 5.53. The molecule has 4 rings (SSSR count). The summed E-state index contributed by atoms with van der Waals surface area (Å²) in [6.45, 7) is 2.51. The van der Waals surface area contributed by atoms with E-state index in [0.717, 1.165) is 46.4 Å². The van der Waals surface area contributed by atoms with Crippen molar-refractivity contribution < 1.29 is 19.0 Å². The summed E-state index contributed by atoms with van der Waals surface area (Å²) in [5.74, 6) is -0.455. The van der Waals surface area contributed by atoms with Gasteiger partial charge in [-0.3, -0.25) is 4.79 Å². The smallest absolute Gasteiger partial charge is 0.307 e. The second-order valence-electron chi connectivity index (χ2n) is 7.87. The number of aliphatic carboxylic acids is 1. The van der Waals surface area contributed by atoms with E-state index in [4.69, 9.17) is 4.74 Å². The van der Waals surface area contributed by atoms with Gasteiger partial charge in [-0.2, -0.15) is 0 Å². The first-order valence-corrected chi connectivity index (χ1v) is 10.8. The molecule has 0 aliphatic heterocycles. The molecule has 1 N–H and O–H groups in total. The Labute approximate surface area is 187 Å². The zero-order chi connectivity index (χ0) is 22.5. The van der Waals surface area contributed by atoms with E-state index in [1.54, 1.807) is 6.07 Å². The maximum atomic E-state index is 14.0. The van der Waals surface area contributed by atoms with Gasteiger partial charge in [0.2, 0.25) is 0 Å². The topological polar surface area (TPSA) is 46.5 Å². The molecule has 3 aromatic carbocycles. The van der Waals surface area contributed by atoms with E-state index in [-0.39, 0.29) is 12.2 Å². The van der Waals surface area contributed by atoms with E-state index in [2.05, 4.69) is 19.1 Å². The number of carbonyl (C=O) groups is 1. The Kier molecular flexibility index (Phi) is 6.50. The summed E-state index contributed by atoms with van der Waals surface area (Å²) in [5.41, 5.74) is 6.27. The predicted octanol–water partition coefficient (Wildman–Crippen LogP) is 6.99. The van der Waals surface area contributed by atoms with Crippen molar-refractivity contribution in [1.82, 2.24) is 0 Å². The van der Waals surface area contributed by atoms with Crippen LogP contribution in [0.2, 0.25) is 0 Å². The SMILES string of the molecule is CCCC1=C(CC(=O)O)c2cc(F)ccc2/C1=C\c1cccc(COc2ccccc2)c1. The summed E-state index contributed by atoms with van der Waals surface area (Å²) in [5, 5.41) is 9.46. The summed E-state index contributed by atoms with van der Waals surface area (Å²) in [4.78, 5) is 11.5. The lowest BCUT2D eigenvalue weighted by Gasteiger charge is -2.10. The molecule has 3 nitrogen and oxygen atoms in total. The van der Waals surface area contributed by atoms with Crippen LogP contribution in [0.25, 0.3) is 17.2 Å². The van der Waals surface area contributed by atoms with Crippen molar-refractivity contribution in [3.63, 3.8) is 0 Å². The van der Waals surface area contributed by atoms with Gasteiger partial charge in [-0.05, 0) is 81.8 Å². The third-order valence-corrected chi connectivity index (χ3v) is 5.53. The van der Waals surface area contributed by atoms with Gasteiger partial charge in [-0.15, -0.1) is 0 Å². The number of benzene rings is 3. The normalized spacial score (nSPS) is 14.0. The Hall–Kier alpha value is -3.66. The van der Waals surface area contributed by atoms with E-state index >= 15 is 0 Å². The van der Waals surface area contributed by atoms with Crippen molar-refractivity contribution in [3.8, 4) is 5.75 Å². The first kappa shape index (κ1) is 21.6. The minimum atomic E-state index is -0.912. The summed E-state index contributed by atoms with van der Waals surface area (Å²) in [6.07, 6.45) is 3.56. The van der Waals surface area contributed by atoms with Crippen LogP contribution in [-0.4, -0.2) is 11.1 Å². The van der Waals surface area contributed by atoms with Gasteiger partial charge in [0.15, 0.2) is 0 Å². The lowest BCUT2D eigenvalue weighted by Crippen LogP contribution is -1.98. The number of para-hydroxylation sites is 1. The second-order valence-corrected chi connectivity index (χ2v) is 7.87. The summed E-state index contributed by atoms with van der Waals surface area (Å²) in [6, 6.07) is 22.4. The van der Waals surface area contributed by atoms with E-state index < -0.39 is 5.97 Å². The van der Waals surface area contributed by atoms with Crippen molar-refractivity contribution in [2.75, 3.05) is 0 Å². The predicted molar refractivity (Wildman–Crippen MR) is 126 cm³/mol. The van der Waals surface area contributed by atoms with E-state index in [1.165, 1.54) is 12.1 Å². The van der Waals surface area contributed by atoms with Crippen molar-refractivity contribution in [2.24, 2.45) is 0 Å². The summed E-state index contributed by atoms with van der Waals surface area (Å²) >= 11 is 0. The van der Waals surface area contributed by atoms with Gasteiger partial charge >= 0.3 is 5.97 Å². The zero-order valence-electron chi connectivity index (χ0n) is 18.0. The maximum absolute atomic E-state index is 14.0. The Morgan fingerprint density at radius 1 is 0.969 bits per heavy atom. The zero-order valence-corrected chi connectivity index (χ0v) is 18.0. The molecule has 0 bridgehead atoms.